The van der Waals surface area contributed by atoms with Crippen LogP contribution in [0.3, 0.4) is 0 Å². The van der Waals surface area contributed by atoms with Crippen LogP contribution < -0.4 is 5.32 Å². The summed E-state index contributed by atoms with van der Waals surface area (Å²) in [5.41, 5.74) is 0.171. The van der Waals surface area contributed by atoms with Gasteiger partial charge in [-0.3, -0.25) is 4.79 Å². The Balaban J connectivity index is 1.93. The molecule has 2 aromatic rings. The van der Waals surface area contributed by atoms with E-state index in [0.717, 1.165) is 12.1 Å². The van der Waals surface area contributed by atoms with Crippen LogP contribution in [0, 0.1) is 23.0 Å². The molecular weight excluding hydrogens is 290 g/mol. The third-order valence-electron chi connectivity index (χ3n) is 2.89. The number of carbonyl (C=O) groups is 1. The van der Waals surface area contributed by atoms with Crippen molar-refractivity contribution in [1.82, 2.24) is 5.32 Å². The molecule has 1 aromatic carbocycles. The molecule has 0 atom stereocenters. The molecule has 0 saturated heterocycles. The molecule has 112 valence electrons. The smallest absolute Gasteiger partial charge is 0.262 e. The molecule has 1 heterocycles. The highest BCUT2D eigenvalue weighted by molar-refractivity contribution is 6.01. The van der Waals surface area contributed by atoms with E-state index in [0.29, 0.717) is 5.76 Å². The summed E-state index contributed by atoms with van der Waals surface area (Å²) in [6, 6.07) is 8.27. The van der Waals surface area contributed by atoms with Gasteiger partial charge in [0.1, 0.15) is 29.0 Å². The average Bonchev–Trinajstić information content (AvgIpc) is 3.00. The minimum absolute atomic E-state index is 0.116. The van der Waals surface area contributed by atoms with Crippen LogP contribution in [0.5, 0.6) is 0 Å². The second kappa shape index (κ2) is 7.18. The fourth-order valence-electron chi connectivity index (χ4n) is 1.79. The van der Waals surface area contributed by atoms with E-state index in [1.165, 1.54) is 18.4 Å². The largest absolute Gasteiger partial charge is 0.465 e. The lowest BCUT2D eigenvalue weighted by molar-refractivity contribution is -0.117. The van der Waals surface area contributed by atoms with E-state index in [4.69, 9.17) is 9.68 Å². The molecule has 4 nitrogen and oxygen atoms in total. The summed E-state index contributed by atoms with van der Waals surface area (Å²) in [5, 5.41) is 11.5. The zero-order valence-corrected chi connectivity index (χ0v) is 11.5. The van der Waals surface area contributed by atoms with Crippen molar-refractivity contribution in [2.24, 2.45) is 0 Å². The summed E-state index contributed by atoms with van der Waals surface area (Å²) in [6.07, 6.45) is 2.93. The molecule has 22 heavy (non-hydrogen) atoms. The first kappa shape index (κ1) is 15.4. The van der Waals surface area contributed by atoms with Crippen LogP contribution in [0.25, 0.3) is 6.08 Å². The quantitative estimate of drug-likeness (QED) is 0.682. The van der Waals surface area contributed by atoms with Crippen LogP contribution in [-0.4, -0.2) is 12.5 Å². The first-order valence-electron chi connectivity index (χ1n) is 6.47. The molecule has 0 unspecified atom stereocenters. The molecule has 0 aliphatic carbocycles. The van der Waals surface area contributed by atoms with Gasteiger partial charge in [-0.15, -0.1) is 0 Å². The zero-order chi connectivity index (χ0) is 15.9. The van der Waals surface area contributed by atoms with Crippen molar-refractivity contribution >= 4 is 12.0 Å². The predicted octanol–water partition coefficient (Wildman–Crippen LogP) is 2.82. The van der Waals surface area contributed by atoms with Gasteiger partial charge in [0.2, 0.25) is 0 Å². The topological polar surface area (TPSA) is 66.0 Å². The minimum Gasteiger partial charge on any atom is -0.465 e. The van der Waals surface area contributed by atoms with E-state index in [1.807, 2.05) is 0 Å². The number of nitriles is 1. The average molecular weight is 302 g/mol. The van der Waals surface area contributed by atoms with E-state index in [1.54, 1.807) is 18.2 Å². The summed E-state index contributed by atoms with van der Waals surface area (Å²) >= 11 is 0. The second-order valence-electron chi connectivity index (χ2n) is 4.43. The van der Waals surface area contributed by atoms with Crippen molar-refractivity contribution < 1.29 is 18.0 Å². The van der Waals surface area contributed by atoms with Gasteiger partial charge in [0, 0.05) is 18.7 Å². The Morgan fingerprint density at radius 1 is 1.36 bits per heavy atom. The van der Waals surface area contributed by atoms with Gasteiger partial charge in [0.15, 0.2) is 0 Å². The van der Waals surface area contributed by atoms with Crippen molar-refractivity contribution in [3.8, 4) is 6.07 Å². The maximum absolute atomic E-state index is 13.4. The summed E-state index contributed by atoms with van der Waals surface area (Å²) < 4.78 is 31.2. The van der Waals surface area contributed by atoms with Crippen molar-refractivity contribution in [2.75, 3.05) is 6.54 Å². The van der Waals surface area contributed by atoms with Gasteiger partial charge in [-0.2, -0.15) is 5.26 Å². The van der Waals surface area contributed by atoms with E-state index in [-0.39, 0.29) is 24.1 Å². The number of furan rings is 1. The summed E-state index contributed by atoms with van der Waals surface area (Å²) in [6.45, 7) is 0.124. The van der Waals surface area contributed by atoms with Crippen LogP contribution in [0.2, 0.25) is 0 Å². The predicted molar refractivity (Wildman–Crippen MR) is 75.4 cm³/mol. The standard InChI is InChI=1S/C16H12F2N2O2/c17-13-4-3-11(15(18)9-13)5-6-20-16(21)12(10-19)8-14-2-1-7-22-14/h1-4,7-9H,5-6H2,(H,20,21). The summed E-state index contributed by atoms with van der Waals surface area (Å²) in [5.74, 6) is -1.52. The van der Waals surface area contributed by atoms with Gasteiger partial charge in [-0.1, -0.05) is 6.07 Å². The highest BCUT2D eigenvalue weighted by atomic mass is 19.1. The van der Waals surface area contributed by atoms with E-state index in [9.17, 15) is 13.6 Å². The number of nitrogens with zero attached hydrogens (tertiary/aromatic N) is 1. The lowest BCUT2D eigenvalue weighted by Gasteiger charge is -2.05. The van der Waals surface area contributed by atoms with Gasteiger partial charge in [-0.05, 0) is 30.2 Å². The Bertz CT molecular complexity index is 731. The van der Waals surface area contributed by atoms with Crippen molar-refractivity contribution in [1.29, 1.82) is 5.26 Å². The number of rotatable bonds is 5. The van der Waals surface area contributed by atoms with Gasteiger partial charge in [0.05, 0.1) is 6.26 Å². The highest BCUT2D eigenvalue weighted by Gasteiger charge is 2.10. The third kappa shape index (κ3) is 4.03. The Morgan fingerprint density at radius 3 is 2.82 bits per heavy atom. The molecule has 2 rings (SSSR count). The molecule has 0 saturated carbocycles. The molecule has 0 aliphatic heterocycles. The minimum atomic E-state index is -0.666. The third-order valence-corrected chi connectivity index (χ3v) is 2.89. The van der Waals surface area contributed by atoms with Crippen LogP contribution in [0.4, 0.5) is 8.78 Å². The van der Waals surface area contributed by atoms with Crippen LogP contribution in [-0.2, 0) is 11.2 Å². The highest BCUT2D eigenvalue weighted by Crippen LogP contribution is 2.10. The van der Waals surface area contributed by atoms with E-state index >= 15 is 0 Å². The lowest BCUT2D eigenvalue weighted by atomic mass is 10.1. The molecule has 0 fully saturated rings. The van der Waals surface area contributed by atoms with Gasteiger partial charge in [-0.25, -0.2) is 8.78 Å². The number of benzene rings is 1. The normalized spacial score (nSPS) is 11.0. The molecule has 0 bridgehead atoms. The SMILES string of the molecule is N#CC(=Cc1ccco1)C(=O)NCCc1ccc(F)cc1F. The number of hydrogen-bond donors (Lipinski definition) is 1. The number of hydrogen-bond acceptors (Lipinski definition) is 3. The molecule has 1 N–H and O–H groups in total. The molecule has 0 radical (unpaired) electrons. The molecule has 1 amide bonds. The monoisotopic (exact) mass is 302 g/mol. The molecule has 1 aromatic heterocycles. The fourth-order valence-corrected chi connectivity index (χ4v) is 1.79. The Labute approximate surface area is 125 Å². The van der Waals surface area contributed by atoms with Crippen LogP contribution in [0.1, 0.15) is 11.3 Å². The van der Waals surface area contributed by atoms with Crippen molar-refractivity contribution in [2.45, 2.75) is 6.42 Å². The molecule has 0 spiro atoms. The maximum atomic E-state index is 13.4. The Hall–Kier alpha value is -2.94. The fraction of sp³-hybridized carbons (Fsp3) is 0.125. The molecular formula is C16H12F2N2O2. The van der Waals surface area contributed by atoms with Crippen LogP contribution in [0.15, 0.2) is 46.6 Å². The van der Waals surface area contributed by atoms with E-state index < -0.39 is 17.5 Å². The summed E-state index contributed by atoms with van der Waals surface area (Å²) in [4.78, 5) is 11.8. The first-order chi connectivity index (χ1) is 10.6. The van der Waals surface area contributed by atoms with Crippen molar-refractivity contribution in [3.05, 3.63) is 65.1 Å². The summed E-state index contributed by atoms with van der Waals surface area (Å²) in [7, 11) is 0. The maximum Gasteiger partial charge on any atom is 0.262 e. The number of nitrogens with one attached hydrogen (secondary N) is 1. The van der Waals surface area contributed by atoms with Gasteiger partial charge in [0.25, 0.3) is 5.91 Å². The Morgan fingerprint density at radius 2 is 2.18 bits per heavy atom. The van der Waals surface area contributed by atoms with Gasteiger partial charge < -0.3 is 9.73 Å². The second-order valence-corrected chi connectivity index (χ2v) is 4.43. The van der Waals surface area contributed by atoms with Gasteiger partial charge >= 0.3 is 0 Å². The number of carbonyl (C=O) groups excluding carboxylic acids is 1. The van der Waals surface area contributed by atoms with Crippen LogP contribution >= 0.6 is 0 Å². The molecule has 6 heteroatoms. The first-order valence-corrected chi connectivity index (χ1v) is 6.47. The lowest BCUT2D eigenvalue weighted by Crippen LogP contribution is -2.26. The Kier molecular flexibility index (Phi) is 5.04. The van der Waals surface area contributed by atoms with Crippen molar-refractivity contribution in [3.63, 3.8) is 0 Å². The molecule has 0 aliphatic rings. The number of amides is 1. The number of halogens is 2. The van der Waals surface area contributed by atoms with E-state index in [2.05, 4.69) is 5.32 Å². The zero-order valence-electron chi connectivity index (χ0n) is 11.5.